The molecule has 2 aromatic rings. The van der Waals surface area contributed by atoms with Gasteiger partial charge in [-0.15, -0.1) is 4.73 Å². The molecule has 0 fully saturated rings. The number of para-hydroxylation sites is 2. The summed E-state index contributed by atoms with van der Waals surface area (Å²) in [7, 11) is 0. The zero-order valence-electron chi connectivity index (χ0n) is 6.52. The number of nitrogens with one attached hydrogen (secondary N) is 1. The third-order valence-electron chi connectivity index (χ3n) is 1.77. The molecule has 0 amide bonds. The van der Waals surface area contributed by atoms with Gasteiger partial charge in [-0.1, -0.05) is 12.1 Å². The fourth-order valence-corrected chi connectivity index (χ4v) is 1.15. The van der Waals surface area contributed by atoms with Crippen LogP contribution in [0.5, 0.6) is 0 Å². The highest BCUT2D eigenvalue weighted by molar-refractivity contribution is 5.73. The van der Waals surface area contributed by atoms with E-state index in [0.29, 0.717) is 10.2 Å². The molecule has 5 nitrogen and oxygen atoms in total. The van der Waals surface area contributed by atoms with Crippen molar-refractivity contribution in [1.82, 2.24) is 9.71 Å². The fourth-order valence-electron chi connectivity index (χ4n) is 1.15. The lowest BCUT2D eigenvalue weighted by Crippen LogP contribution is -2.35. The molecule has 1 aromatic heterocycles. The second-order valence-corrected chi connectivity index (χ2v) is 2.59. The summed E-state index contributed by atoms with van der Waals surface area (Å²) in [6, 6.07) is 6.49. The number of H-pyrrole nitrogens is 1. The van der Waals surface area contributed by atoms with Gasteiger partial charge >= 0.3 is 11.1 Å². The maximum Gasteiger partial charge on any atom is 0.348 e. The van der Waals surface area contributed by atoms with Crippen LogP contribution in [0.15, 0.2) is 33.9 Å². The topological polar surface area (TPSA) is 75.1 Å². The van der Waals surface area contributed by atoms with E-state index in [0.717, 1.165) is 0 Å². The highest BCUT2D eigenvalue weighted by Crippen LogP contribution is 2.04. The molecule has 0 unspecified atom stereocenters. The van der Waals surface area contributed by atoms with E-state index in [2.05, 4.69) is 4.98 Å². The van der Waals surface area contributed by atoms with Gasteiger partial charge in [-0.05, 0) is 12.1 Å². The quantitative estimate of drug-likeness (QED) is 0.438. The number of nitrogens with zero attached hydrogens (tertiary/aromatic N) is 1. The Bertz CT molecular complexity index is 567. The molecular formula is C8H6N2O3. The van der Waals surface area contributed by atoms with Crippen molar-refractivity contribution in [3.8, 4) is 0 Å². The summed E-state index contributed by atoms with van der Waals surface area (Å²) >= 11 is 0. The molecule has 0 spiro atoms. The van der Waals surface area contributed by atoms with Gasteiger partial charge in [0.15, 0.2) is 0 Å². The van der Waals surface area contributed by atoms with Crippen molar-refractivity contribution in [2.75, 3.05) is 0 Å². The molecule has 0 aliphatic rings. The van der Waals surface area contributed by atoms with Gasteiger partial charge in [-0.25, -0.2) is 0 Å². The number of benzene rings is 1. The lowest BCUT2D eigenvalue weighted by Gasteiger charge is -2.00. The molecule has 66 valence electrons. The van der Waals surface area contributed by atoms with Gasteiger partial charge in [0, 0.05) is 0 Å². The summed E-state index contributed by atoms with van der Waals surface area (Å²) in [5.74, 6) is 0. The third kappa shape index (κ3) is 1.01. The Morgan fingerprint density at radius 2 is 1.92 bits per heavy atom. The molecule has 13 heavy (non-hydrogen) atoms. The van der Waals surface area contributed by atoms with Gasteiger partial charge in [-0.3, -0.25) is 9.59 Å². The molecule has 1 heterocycles. The van der Waals surface area contributed by atoms with E-state index in [-0.39, 0.29) is 5.52 Å². The van der Waals surface area contributed by atoms with E-state index in [1.807, 2.05) is 0 Å². The second-order valence-electron chi connectivity index (χ2n) is 2.59. The number of rotatable bonds is 0. The normalized spacial score (nSPS) is 10.5. The van der Waals surface area contributed by atoms with Crippen molar-refractivity contribution < 1.29 is 5.21 Å². The fraction of sp³-hybridized carbons (Fsp3) is 0. The second kappa shape index (κ2) is 2.48. The van der Waals surface area contributed by atoms with E-state index < -0.39 is 11.1 Å². The van der Waals surface area contributed by atoms with Crippen LogP contribution in [0.3, 0.4) is 0 Å². The average Bonchev–Trinajstić information content (AvgIpc) is 2.15. The highest BCUT2D eigenvalue weighted by atomic mass is 16.5. The minimum Gasteiger partial charge on any atom is -0.425 e. The van der Waals surface area contributed by atoms with E-state index in [1.54, 1.807) is 18.2 Å². The molecule has 0 atom stereocenters. The van der Waals surface area contributed by atoms with Crippen LogP contribution in [0.1, 0.15) is 0 Å². The van der Waals surface area contributed by atoms with Crippen molar-refractivity contribution in [2.45, 2.75) is 0 Å². The minimum absolute atomic E-state index is 0.284. The molecule has 1 aromatic carbocycles. The van der Waals surface area contributed by atoms with Gasteiger partial charge in [0.25, 0.3) is 0 Å². The lowest BCUT2D eigenvalue weighted by molar-refractivity contribution is 0.186. The Morgan fingerprint density at radius 1 is 1.23 bits per heavy atom. The number of aromatic nitrogens is 2. The molecular weight excluding hydrogens is 172 g/mol. The van der Waals surface area contributed by atoms with E-state index >= 15 is 0 Å². The molecule has 0 aliphatic carbocycles. The molecule has 2 rings (SSSR count). The summed E-state index contributed by atoms with van der Waals surface area (Å²) in [6.45, 7) is 0. The van der Waals surface area contributed by atoms with Crippen molar-refractivity contribution in [3.05, 3.63) is 45.0 Å². The van der Waals surface area contributed by atoms with Crippen LogP contribution >= 0.6 is 0 Å². The molecule has 0 saturated heterocycles. The van der Waals surface area contributed by atoms with Gasteiger partial charge in [0.2, 0.25) is 0 Å². The van der Waals surface area contributed by atoms with Crippen molar-refractivity contribution in [3.63, 3.8) is 0 Å². The van der Waals surface area contributed by atoms with Crippen LogP contribution < -0.4 is 11.1 Å². The van der Waals surface area contributed by atoms with Crippen LogP contribution in [0.2, 0.25) is 0 Å². The van der Waals surface area contributed by atoms with E-state index in [4.69, 9.17) is 0 Å². The van der Waals surface area contributed by atoms with E-state index in [9.17, 15) is 14.8 Å². The summed E-state index contributed by atoms with van der Waals surface area (Å²) in [5.41, 5.74) is -1.10. The number of aromatic amines is 1. The van der Waals surface area contributed by atoms with Crippen molar-refractivity contribution in [2.24, 2.45) is 0 Å². The van der Waals surface area contributed by atoms with Gasteiger partial charge in [-0.2, -0.15) is 0 Å². The standard InChI is InChI=1S/C8H6N2O3/c11-7-8(12)10(13)6-4-2-1-3-5(6)9-7/h1-4,13H,(H,9,11). The van der Waals surface area contributed by atoms with Crippen LogP contribution in [0.25, 0.3) is 11.0 Å². The minimum atomic E-state index is -0.973. The first-order valence-electron chi connectivity index (χ1n) is 3.63. The Kier molecular flexibility index (Phi) is 1.45. The van der Waals surface area contributed by atoms with Gasteiger partial charge in [0.1, 0.15) is 5.52 Å². The molecule has 0 radical (unpaired) electrons. The molecule has 2 N–H and O–H groups in total. The van der Waals surface area contributed by atoms with Gasteiger partial charge < -0.3 is 10.2 Å². The van der Waals surface area contributed by atoms with Crippen molar-refractivity contribution >= 4 is 11.0 Å². The first-order chi connectivity index (χ1) is 6.20. The first kappa shape index (κ1) is 7.60. The molecule has 0 aliphatic heterocycles. The van der Waals surface area contributed by atoms with E-state index in [1.165, 1.54) is 6.07 Å². The Hall–Kier alpha value is -2.04. The smallest absolute Gasteiger partial charge is 0.348 e. The number of fused-ring (bicyclic) bond motifs is 1. The van der Waals surface area contributed by atoms with Crippen LogP contribution in [-0.2, 0) is 0 Å². The predicted molar refractivity (Wildman–Crippen MR) is 46.0 cm³/mol. The number of hydrogen-bond acceptors (Lipinski definition) is 3. The van der Waals surface area contributed by atoms with Crippen LogP contribution in [-0.4, -0.2) is 14.9 Å². The van der Waals surface area contributed by atoms with Crippen molar-refractivity contribution in [1.29, 1.82) is 0 Å². The summed E-state index contributed by atoms with van der Waals surface area (Å²) < 4.78 is 0.341. The largest absolute Gasteiger partial charge is 0.425 e. The Labute approximate surface area is 71.8 Å². The third-order valence-corrected chi connectivity index (χ3v) is 1.77. The molecule has 0 saturated carbocycles. The lowest BCUT2D eigenvalue weighted by atomic mass is 10.3. The Balaban J connectivity index is 3.11. The maximum absolute atomic E-state index is 11.0. The zero-order valence-corrected chi connectivity index (χ0v) is 6.52. The van der Waals surface area contributed by atoms with Gasteiger partial charge in [0.05, 0.1) is 5.52 Å². The zero-order chi connectivity index (χ0) is 9.42. The summed E-state index contributed by atoms with van der Waals surface area (Å²) in [6.07, 6.45) is 0. The predicted octanol–water partition coefficient (Wildman–Crippen LogP) is -0.0729. The molecule has 5 heteroatoms. The summed E-state index contributed by atoms with van der Waals surface area (Å²) in [5, 5.41) is 9.22. The van der Waals surface area contributed by atoms with Crippen LogP contribution in [0, 0.1) is 0 Å². The summed E-state index contributed by atoms with van der Waals surface area (Å²) in [4.78, 5) is 24.2. The first-order valence-corrected chi connectivity index (χ1v) is 3.63. The maximum atomic E-state index is 11.0. The monoisotopic (exact) mass is 178 g/mol. The van der Waals surface area contributed by atoms with Crippen LogP contribution in [0.4, 0.5) is 0 Å². The Morgan fingerprint density at radius 3 is 2.69 bits per heavy atom. The molecule has 0 bridgehead atoms. The highest BCUT2D eigenvalue weighted by Gasteiger charge is 2.03. The number of hydrogen-bond donors (Lipinski definition) is 2. The average molecular weight is 178 g/mol. The SMILES string of the molecule is O=c1[nH]c2ccccc2n(O)c1=O.